The fraction of sp³-hybridized carbons (Fsp3) is 0.150. The van der Waals surface area contributed by atoms with E-state index in [1.807, 2.05) is 48.5 Å². The van der Waals surface area contributed by atoms with E-state index in [4.69, 9.17) is 9.26 Å². The number of ether oxygens (including phenoxy) is 1. The van der Waals surface area contributed by atoms with Crippen molar-refractivity contribution in [2.24, 2.45) is 0 Å². The van der Waals surface area contributed by atoms with Crippen molar-refractivity contribution in [2.45, 2.75) is 17.3 Å². The van der Waals surface area contributed by atoms with Gasteiger partial charge in [0.2, 0.25) is 5.91 Å². The number of benzene rings is 2. The number of amides is 1. The maximum absolute atomic E-state index is 13.0. The Morgan fingerprint density at radius 3 is 2.75 bits per heavy atom. The number of carbonyl (C=O) groups excluding carboxylic acids is 1. The van der Waals surface area contributed by atoms with Gasteiger partial charge < -0.3 is 19.6 Å². The predicted octanol–water partition coefficient (Wildman–Crippen LogP) is 4.34. The Labute approximate surface area is 165 Å². The second-order valence-electron chi connectivity index (χ2n) is 6.15. The lowest BCUT2D eigenvalue weighted by atomic mass is 10.1. The van der Waals surface area contributed by atoms with Gasteiger partial charge in [-0.15, -0.1) is 0 Å². The summed E-state index contributed by atoms with van der Waals surface area (Å²) in [5.41, 5.74) is 2.52. The number of rotatable bonds is 6. The minimum Gasteiger partial charge on any atom is -0.497 e. The summed E-state index contributed by atoms with van der Waals surface area (Å²) >= 11 is 1.34. The summed E-state index contributed by atoms with van der Waals surface area (Å²) < 4.78 is 10.3. The van der Waals surface area contributed by atoms with Crippen LogP contribution in [0.25, 0.3) is 11.0 Å². The van der Waals surface area contributed by atoms with Gasteiger partial charge in [-0.2, -0.15) is 0 Å². The first kappa shape index (κ1) is 18.1. The fourth-order valence-electron chi connectivity index (χ4n) is 2.78. The highest BCUT2D eigenvalue weighted by molar-refractivity contribution is 8.00. The monoisotopic (exact) mass is 394 g/mol. The Hall–Kier alpha value is -3.26. The molecule has 0 aliphatic carbocycles. The SMILES string of the molecule is COc1ccc2nc(S[C@@H](C(=O)Nc3cc(C)on3)c3ccccc3)[nH]c2c1. The third kappa shape index (κ3) is 3.86. The molecule has 0 aliphatic heterocycles. The highest BCUT2D eigenvalue weighted by Gasteiger charge is 2.24. The molecule has 0 unspecified atom stereocenters. The smallest absolute Gasteiger partial charge is 0.243 e. The fourth-order valence-corrected chi connectivity index (χ4v) is 3.78. The van der Waals surface area contributed by atoms with Gasteiger partial charge in [-0.1, -0.05) is 47.3 Å². The lowest BCUT2D eigenvalue weighted by Crippen LogP contribution is -2.19. The molecule has 0 radical (unpaired) electrons. The molecular formula is C20H18N4O3S. The molecule has 0 saturated heterocycles. The van der Waals surface area contributed by atoms with Crippen molar-refractivity contribution in [3.63, 3.8) is 0 Å². The second-order valence-corrected chi connectivity index (χ2v) is 7.24. The minimum atomic E-state index is -0.513. The van der Waals surface area contributed by atoms with E-state index in [1.165, 1.54) is 11.8 Å². The van der Waals surface area contributed by atoms with E-state index in [-0.39, 0.29) is 5.91 Å². The average molecular weight is 394 g/mol. The van der Waals surface area contributed by atoms with E-state index in [2.05, 4.69) is 20.4 Å². The third-order valence-electron chi connectivity index (χ3n) is 4.12. The van der Waals surface area contributed by atoms with Gasteiger partial charge in [0.1, 0.15) is 16.8 Å². The number of nitrogens with one attached hydrogen (secondary N) is 2. The number of methoxy groups -OCH3 is 1. The van der Waals surface area contributed by atoms with Crippen molar-refractivity contribution in [1.82, 2.24) is 15.1 Å². The molecule has 8 heteroatoms. The predicted molar refractivity (Wildman–Crippen MR) is 108 cm³/mol. The van der Waals surface area contributed by atoms with Crippen LogP contribution in [0, 0.1) is 6.92 Å². The second kappa shape index (κ2) is 7.77. The van der Waals surface area contributed by atoms with Crippen molar-refractivity contribution in [1.29, 1.82) is 0 Å². The number of fused-ring (bicyclic) bond motifs is 1. The van der Waals surface area contributed by atoms with Gasteiger partial charge in [0.05, 0.1) is 18.1 Å². The molecule has 0 aliphatic rings. The zero-order valence-corrected chi connectivity index (χ0v) is 16.1. The van der Waals surface area contributed by atoms with Crippen molar-refractivity contribution < 1.29 is 14.1 Å². The van der Waals surface area contributed by atoms with E-state index in [9.17, 15) is 4.79 Å². The Morgan fingerprint density at radius 1 is 1.21 bits per heavy atom. The van der Waals surface area contributed by atoms with Crippen LogP contribution in [0.4, 0.5) is 5.82 Å². The molecule has 2 aromatic carbocycles. The van der Waals surface area contributed by atoms with Crippen LogP contribution in [0.3, 0.4) is 0 Å². The van der Waals surface area contributed by atoms with Crippen molar-refractivity contribution in [2.75, 3.05) is 12.4 Å². The number of thioether (sulfide) groups is 1. The molecule has 1 amide bonds. The summed E-state index contributed by atoms with van der Waals surface area (Å²) in [7, 11) is 1.62. The van der Waals surface area contributed by atoms with Gasteiger partial charge in [-0.25, -0.2) is 4.98 Å². The Kier molecular flexibility index (Phi) is 5.03. The molecule has 4 aromatic rings. The van der Waals surface area contributed by atoms with Gasteiger partial charge in [0, 0.05) is 12.1 Å². The van der Waals surface area contributed by atoms with Crippen LogP contribution in [0.15, 0.2) is 64.3 Å². The standard InChI is InChI=1S/C20H18N4O3S/c1-12-10-17(24-27-12)23-19(25)18(13-6-4-3-5-7-13)28-20-21-15-9-8-14(26-2)11-16(15)22-20/h3-11,18H,1-2H3,(H,21,22)(H,23,24,25)/t18-/m1/s1. The number of hydrogen-bond acceptors (Lipinski definition) is 6. The number of carbonyl (C=O) groups is 1. The first-order chi connectivity index (χ1) is 13.6. The molecule has 0 saturated carbocycles. The summed E-state index contributed by atoms with van der Waals surface area (Å²) in [6, 6.07) is 16.8. The topological polar surface area (TPSA) is 93.0 Å². The number of imidazole rings is 1. The molecular weight excluding hydrogens is 376 g/mol. The van der Waals surface area contributed by atoms with Crippen molar-refractivity contribution in [3.05, 3.63) is 65.9 Å². The number of aromatic amines is 1. The molecule has 4 rings (SSSR count). The molecule has 0 bridgehead atoms. The van der Waals surface area contributed by atoms with Crippen LogP contribution in [0.2, 0.25) is 0 Å². The summed E-state index contributed by atoms with van der Waals surface area (Å²) in [5, 5.41) is 6.78. The van der Waals surface area contributed by atoms with E-state index in [0.717, 1.165) is 22.3 Å². The van der Waals surface area contributed by atoms with Crippen LogP contribution < -0.4 is 10.1 Å². The molecule has 0 spiro atoms. The van der Waals surface area contributed by atoms with Crippen LogP contribution in [0.5, 0.6) is 5.75 Å². The Bertz CT molecular complexity index is 1110. The summed E-state index contributed by atoms with van der Waals surface area (Å²) in [5.74, 6) is 1.55. The van der Waals surface area contributed by atoms with E-state index >= 15 is 0 Å². The molecule has 28 heavy (non-hydrogen) atoms. The lowest BCUT2D eigenvalue weighted by Gasteiger charge is -2.14. The van der Waals surface area contributed by atoms with Crippen molar-refractivity contribution in [3.8, 4) is 5.75 Å². The van der Waals surface area contributed by atoms with E-state index < -0.39 is 5.25 Å². The van der Waals surface area contributed by atoms with Gasteiger partial charge in [0.15, 0.2) is 11.0 Å². The Morgan fingerprint density at radius 2 is 2.04 bits per heavy atom. The van der Waals surface area contributed by atoms with Crippen LogP contribution >= 0.6 is 11.8 Å². The first-order valence-electron chi connectivity index (χ1n) is 8.62. The number of H-pyrrole nitrogens is 1. The van der Waals surface area contributed by atoms with Gasteiger partial charge >= 0.3 is 0 Å². The summed E-state index contributed by atoms with van der Waals surface area (Å²) in [6.07, 6.45) is 0. The normalized spacial score (nSPS) is 12.1. The number of hydrogen-bond donors (Lipinski definition) is 2. The molecule has 0 fully saturated rings. The molecule has 142 valence electrons. The van der Waals surface area contributed by atoms with Crippen molar-refractivity contribution >= 4 is 34.5 Å². The highest BCUT2D eigenvalue weighted by Crippen LogP contribution is 2.36. The molecule has 2 heterocycles. The Balaban J connectivity index is 1.63. The molecule has 1 atom stereocenters. The maximum Gasteiger partial charge on any atom is 0.243 e. The number of aryl methyl sites for hydroxylation is 1. The highest BCUT2D eigenvalue weighted by atomic mass is 32.2. The average Bonchev–Trinajstić information content (AvgIpc) is 3.31. The zero-order valence-electron chi connectivity index (χ0n) is 15.3. The van der Waals surface area contributed by atoms with E-state index in [0.29, 0.717) is 16.7 Å². The molecule has 2 N–H and O–H groups in total. The molecule has 7 nitrogen and oxygen atoms in total. The van der Waals surface area contributed by atoms with Crippen LogP contribution in [-0.4, -0.2) is 28.1 Å². The zero-order chi connectivity index (χ0) is 19.5. The van der Waals surface area contributed by atoms with E-state index in [1.54, 1.807) is 20.1 Å². The maximum atomic E-state index is 13.0. The summed E-state index contributed by atoms with van der Waals surface area (Å²) in [6.45, 7) is 1.77. The lowest BCUT2D eigenvalue weighted by molar-refractivity contribution is -0.115. The summed E-state index contributed by atoms with van der Waals surface area (Å²) in [4.78, 5) is 20.8. The minimum absolute atomic E-state index is 0.206. The number of nitrogens with zero attached hydrogens (tertiary/aromatic N) is 2. The largest absolute Gasteiger partial charge is 0.497 e. The van der Waals surface area contributed by atoms with Gasteiger partial charge in [-0.3, -0.25) is 4.79 Å². The third-order valence-corrected chi connectivity index (χ3v) is 5.26. The first-order valence-corrected chi connectivity index (χ1v) is 9.50. The van der Waals surface area contributed by atoms with Crippen LogP contribution in [0.1, 0.15) is 16.6 Å². The van der Waals surface area contributed by atoms with Gasteiger partial charge in [-0.05, 0) is 24.6 Å². The quantitative estimate of drug-likeness (QED) is 0.473. The number of anilines is 1. The van der Waals surface area contributed by atoms with Crippen LogP contribution in [-0.2, 0) is 4.79 Å². The molecule has 2 aromatic heterocycles. The number of aromatic nitrogens is 3. The van der Waals surface area contributed by atoms with Gasteiger partial charge in [0.25, 0.3) is 0 Å².